The number of aliphatic hydroxyl groups is 2. The molecule has 0 aliphatic carbocycles. The van der Waals surface area contributed by atoms with Crippen LogP contribution < -0.4 is 10.6 Å². The van der Waals surface area contributed by atoms with Gasteiger partial charge in [-0.25, -0.2) is 15.0 Å². The minimum atomic E-state index is -2.66. The van der Waals surface area contributed by atoms with Crippen LogP contribution >= 0.6 is 47.5 Å². The summed E-state index contributed by atoms with van der Waals surface area (Å²) in [6.45, 7) is 16.2. The Kier molecular flexibility index (Phi) is 34.5. The van der Waals surface area contributed by atoms with Gasteiger partial charge in [-0.1, -0.05) is 0 Å². The van der Waals surface area contributed by atoms with Crippen molar-refractivity contribution in [2.45, 2.75) is 125 Å². The molecule has 336 valence electrons. The predicted octanol–water partition coefficient (Wildman–Crippen LogP) is 7.68. The van der Waals surface area contributed by atoms with E-state index < -0.39 is 15.3 Å². The molecule has 4 rings (SSSR count). The average Bonchev–Trinajstić information content (AvgIpc) is 3.99. The predicted molar refractivity (Wildman–Crippen MR) is 238 cm³/mol. The van der Waals surface area contributed by atoms with Gasteiger partial charge in [-0.3, -0.25) is 4.34 Å². The molecule has 0 spiro atoms. The van der Waals surface area contributed by atoms with E-state index in [1.54, 1.807) is 51.9 Å². The maximum Gasteiger partial charge on any atom is 0.332 e. The van der Waals surface area contributed by atoms with Gasteiger partial charge in [-0.05, 0) is 74.1 Å². The first-order chi connectivity index (χ1) is 27.6. The third-order valence-corrected chi connectivity index (χ3v) is 11.4. The molecular formula is C35H67Cl2N8O9P3S. The van der Waals surface area contributed by atoms with Crippen LogP contribution in [0.3, 0.4) is 0 Å². The lowest BCUT2D eigenvalue weighted by molar-refractivity contribution is 0.105. The van der Waals surface area contributed by atoms with Crippen molar-refractivity contribution in [2.24, 2.45) is 0 Å². The number of imidazole rings is 3. The van der Waals surface area contributed by atoms with Crippen molar-refractivity contribution >= 4 is 59.3 Å². The molecule has 17 nitrogen and oxygen atoms in total. The van der Waals surface area contributed by atoms with E-state index in [-0.39, 0.29) is 51.0 Å². The van der Waals surface area contributed by atoms with Crippen LogP contribution in [0.15, 0.2) is 49.6 Å². The van der Waals surface area contributed by atoms with Crippen molar-refractivity contribution in [3.05, 3.63) is 67.1 Å². The molecule has 0 aromatic carbocycles. The van der Waals surface area contributed by atoms with Crippen LogP contribution in [0.25, 0.3) is 0 Å². The Labute approximate surface area is 363 Å². The van der Waals surface area contributed by atoms with E-state index in [1.165, 1.54) is 0 Å². The normalized spacial score (nSPS) is 15.8. The highest BCUT2D eigenvalue weighted by atomic mass is 35.5. The minimum absolute atomic E-state index is 0.0156. The number of H-pyrrole nitrogens is 2. The van der Waals surface area contributed by atoms with E-state index in [9.17, 15) is 5.11 Å². The summed E-state index contributed by atoms with van der Waals surface area (Å²) < 4.78 is 40.1. The number of hydrogen-bond acceptors (Lipinski definition) is 15. The van der Waals surface area contributed by atoms with Gasteiger partial charge in [0, 0.05) is 89.0 Å². The number of aromatic amines is 2. The van der Waals surface area contributed by atoms with Gasteiger partial charge in [-0.15, -0.1) is 23.2 Å². The molecule has 7 atom stereocenters. The third kappa shape index (κ3) is 29.8. The van der Waals surface area contributed by atoms with Crippen molar-refractivity contribution in [2.75, 3.05) is 32.3 Å². The fraction of sp³-hybridized carbons (Fsp3) is 0.686. The topological polar surface area (TPSA) is 204 Å². The van der Waals surface area contributed by atoms with Crippen LogP contribution in [0.1, 0.15) is 86.2 Å². The number of nitrogens with zero attached hydrogens (tertiary/aromatic N) is 4. The van der Waals surface area contributed by atoms with Gasteiger partial charge < -0.3 is 62.5 Å². The first-order valence-corrected chi connectivity index (χ1v) is 24.5. The molecule has 1 aliphatic rings. The number of aliphatic hydroxyl groups excluding tert-OH is 2. The van der Waals surface area contributed by atoms with Crippen molar-refractivity contribution in [1.29, 1.82) is 0 Å². The van der Waals surface area contributed by atoms with E-state index in [4.69, 9.17) is 71.8 Å². The Bertz CT molecular complexity index is 1430. The molecular weight excluding hydrogens is 872 g/mol. The molecule has 3 aromatic heterocycles. The number of halogens is 2. The minimum Gasteiger partial charge on any atom is -0.393 e. The fourth-order valence-corrected chi connectivity index (χ4v) is 8.65. The van der Waals surface area contributed by atoms with Crippen LogP contribution in [0.2, 0.25) is 0 Å². The largest absolute Gasteiger partial charge is 0.393 e. The Morgan fingerprint density at radius 1 is 0.845 bits per heavy atom. The van der Waals surface area contributed by atoms with Gasteiger partial charge in [-0.2, -0.15) is 0 Å². The van der Waals surface area contributed by atoms with Gasteiger partial charge in [0.15, 0.2) is 0 Å². The van der Waals surface area contributed by atoms with Crippen molar-refractivity contribution < 1.29 is 41.9 Å². The molecule has 23 heteroatoms. The van der Waals surface area contributed by atoms with Gasteiger partial charge >= 0.3 is 15.3 Å². The summed E-state index contributed by atoms with van der Waals surface area (Å²) in [5.41, 5.74) is 0. The average molecular weight is 940 g/mol. The number of nitrogens with one attached hydrogen (secondary N) is 4. The summed E-state index contributed by atoms with van der Waals surface area (Å²) in [5.74, 6) is 2.58. The van der Waals surface area contributed by atoms with Crippen molar-refractivity contribution in [3.63, 3.8) is 0 Å². The van der Waals surface area contributed by atoms with Crippen LogP contribution in [0, 0.1) is 0 Å². The third-order valence-electron chi connectivity index (χ3n) is 6.41. The fourth-order valence-electron chi connectivity index (χ4n) is 4.36. The second-order valence-corrected chi connectivity index (χ2v) is 18.3. The lowest BCUT2D eigenvalue weighted by atomic mass is 10.2. The van der Waals surface area contributed by atoms with E-state index in [1.807, 2.05) is 71.4 Å². The molecule has 0 saturated carbocycles. The Morgan fingerprint density at radius 3 is 1.90 bits per heavy atom. The maximum atomic E-state index is 9.18. The van der Waals surface area contributed by atoms with Gasteiger partial charge in [0.05, 0.1) is 55.2 Å². The SMILES string of the molecule is CCOP(=S)(OC(C)C)O[C@@H](C)Cc1ncc[nH]1.CCOP(OC)O[C@@H](C)CC1NC=CN1.CCOPn1ccnc1C[C@H](C)O.C[C@H](O)Cc1ncc[nH]1.ClCCl. The van der Waals surface area contributed by atoms with E-state index in [0.717, 1.165) is 23.9 Å². The molecule has 0 saturated heterocycles. The van der Waals surface area contributed by atoms with Crippen molar-refractivity contribution in [3.8, 4) is 0 Å². The summed E-state index contributed by atoms with van der Waals surface area (Å²) in [6, 6.07) is 0. The number of alkyl halides is 2. The molecule has 1 aliphatic heterocycles. The molecule has 0 bridgehead atoms. The smallest absolute Gasteiger partial charge is 0.332 e. The monoisotopic (exact) mass is 938 g/mol. The van der Waals surface area contributed by atoms with E-state index >= 15 is 0 Å². The number of hydrogen-bond donors (Lipinski definition) is 6. The number of aromatic nitrogens is 6. The zero-order chi connectivity index (χ0) is 43.8. The van der Waals surface area contributed by atoms with Crippen LogP contribution in [-0.2, 0) is 62.7 Å². The van der Waals surface area contributed by atoms with Crippen LogP contribution in [-0.4, -0.2) is 108 Å². The van der Waals surface area contributed by atoms with Gasteiger partial charge in [0.25, 0.3) is 0 Å². The molecule has 3 aromatic rings. The summed E-state index contributed by atoms with van der Waals surface area (Å²) in [6.07, 6.45) is 16.5. The zero-order valence-electron chi connectivity index (χ0n) is 35.3. The lowest BCUT2D eigenvalue weighted by Gasteiger charge is -2.26. The summed E-state index contributed by atoms with van der Waals surface area (Å²) in [4.78, 5) is 18.2. The first kappa shape index (κ1) is 56.7. The van der Waals surface area contributed by atoms with Crippen molar-refractivity contribution in [1.82, 2.24) is 39.9 Å². The molecule has 4 heterocycles. The summed E-state index contributed by atoms with van der Waals surface area (Å²) in [5, 5.41) is 24.6. The molecule has 0 radical (unpaired) electrons. The molecule has 0 fully saturated rings. The maximum absolute atomic E-state index is 9.18. The molecule has 3 unspecified atom stereocenters. The van der Waals surface area contributed by atoms with Gasteiger partial charge in [0.2, 0.25) is 0 Å². The van der Waals surface area contributed by atoms with Gasteiger partial charge in [0.1, 0.15) is 26.4 Å². The standard InChI is InChI=1S/C11H21N2O3PS.C9H19N2O3P.C8H15N2O2P.C6H10N2O.CH2Cl2/c1-5-14-17(18,15-9(2)3)16-10(4)8-11-12-6-7-13-11;1-4-13-15(12-3)14-8(2)7-9-10-5-6-11-9;1-3-12-13-10-5-4-9-8(10)6-7(2)11;1-5(9)4-6-7-2-3-8-6;2-1-3/h6-7,9-10H,5,8H2,1-4H3,(H,12,13);5-6,8-11H,4,7H2,1-3H3;4-5,7,11,13H,3,6H2,1-2H3;2-3,5,9H,4H2,1H3,(H,7,8);1H2/t10-,17?;8-,15?;7-;5-;/m0000./s1. The molecule has 58 heavy (non-hydrogen) atoms. The highest BCUT2D eigenvalue weighted by Gasteiger charge is 2.25. The summed E-state index contributed by atoms with van der Waals surface area (Å²) >= 11 is 14.9. The Balaban J connectivity index is 0.000000745. The summed E-state index contributed by atoms with van der Waals surface area (Å²) in [7, 11) is 0.675. The van der Waals surface area contributed by atoms with E-state index in [0.29, 0.717) is 39.1 Å². The first-order valence-electron chi connectivity index (χ1n) is 18.9. The quantitative estimate of drug-likeness (QED) is 0.0423. The van der Waals surface area contributed by atoms with Crippen LogP contribution in [0.4, 0.5) is 0 Å². The highest BCUT2D eigenvalue weighted by molar-refractivity contribution is 8.07. The van der Waals surface area contributed by atoms with Crippen LogP contribution in [0.5, 0.6) is 0 Å². The molecule has 6 N–H and O–H groups in total. The highest BCUT2D eigenvalue weighted by Crippen LogP contribution is 2.52. The Morgan fingerprint density at radius 2 is 1.43 bits per heavy atom. The zero-order valence-corrected chi connectivity index (χ0v) is 40.5. The van der Waals surface area contributed by atoms with E-state index in [2.05, 4.69) is 35.6 Å². The number of rotatable bonds is 22. The lowest BCUT2D eigenvalue weighted by Crippen LogP contribution is -2.34. The second-order valence-electron chi connectivity index (χ2n) is 12.4. The second kappa shape index (κ2) is 35.3. The molecule has 0 amide bonds. The Hall–Kier alpha value is -1.30.